The van der Waals surface area contributed by atoms with Gasteiger partial charge in [0.05, 0.1) is 25.2 Å². The number of rotatable bonds is 7. The molecule has 2 rings (SSSR count). The number of anilines is 1. The van der Waals surface area contributed by atoms with E-state index in [1.807, 2.05) is 0 Å². The van der Waals surface area contributed by atoms with Crippen molar-refractivity contribution < 1.29 is 32.2 Å². The van der Waals surface area contributed by atoms with Crippen LogP contribution in [0.2, 0.25) is 0 Å². The van der Waals surface area contributed by atoms with Crippen LogP contribution in [0.25, 0.3) is 0 Å². The molecule has 0 fully saturated rings. The van der Waals surface area contributed by atoms with Crippen molar-refractivity contribution in [3.8, 4) is 5.75 Å². The molecule has 27 heavy (non-hydrogen) atoms. The van der Waals surface area contributed by atoms with Crippen LogP contribution in [0.5, 0.6) is 5.75 Å². The lowest BCUT2D eigenvalue weighted by Crippen LogP contribution is -2.24. The first kappa shape index (κ1) is 20.8. The number of thiophene rings is 1. The van der Waals surface area contributed by atoms with Gasteiger partial charge in [-0.05, 0) is 24.3 Å². The Labute approximate surface area is 158 Å². The fourth-order valence-corrected chi connectivity index (χ4v) is 4.99. The molecule has 0 saturated heterocycles. The number of methoxy groups -OCH3 is 1. The smallest absolute Gasteiger partial charge is 0.251 e. The topological polar surface area (TPSA) is 136 Å². The summed E-state index contributed by atoms with van der Waals surface area (Å²) >= 11 is 0.591. The number of amides is 2. The molecule has 2 amide bonds. The summed E-state index contributed by atoms with van der Waals surface area (Å²) < 4.78 is 44.0. The number of halogens is 1. The Balaban J connectivity index is 2.56. The molecule has 1 heterocycles. The van der Waals surface area contributed by atoms with Gasteiger partial charge in [0.25, 0.3) is 5.91 Å². The van der Waals surface area contributed by atoms with Gasteiger partial charge in [-0.1, -0.05) is 6.92 Å². The number of ether oxygens (including phenoxy) is 1. The van der Waals surface area contributed by atoms with Crippen molar-refractivity contribution in [1.82, 2.24) is 0 Å². The van der Waals surface area contributed by atoms with Gasteiger partial charge in [0.2, 0.25) is 15.7 Å². The summed E-state index contributed by atoms with van der Waals surface area (Å²) in [6, 6.07) is 4.01. The molecular formula is C16H17FN2O6S2. The molecule has 1 aromatic carbocycles. The maximum atomic E-state index is 13.6. The van der Waals surface area contributed by atoms with Crippen molar-refractivity contribution in [2.75, 3.05) is 19.0 Å². The van der Waals surface area contributed by atoms with Gasteiger partial charge in [-0.15, -0.1) is 11.3 Å². The number of aliphatic hydroxyl groups excluding tert-OH is 1. The van der Waals surface area contributed by atoms with Gasteiger partial charge < -0.3 is 20.9 Å². The number of carbonyl (C=O) groups excluding carboxylic acids is 2. The Kier molecular flexibility index (Phi) is 6.19. The number of nitrogens with one attached hydrogen (secondary N) is 1. The zero-order valence-electron chi connectivity index (χ0n) is 14.4. The summed E-state index contributed by atoms with van der Waals surface area (Å²) in [5.74, 6) is -3.22. The highest BCUT2D eigenvalue weighted by Crippen LogP contribution is 2.37. The molecular weight excluding hydrogens is 399 g/mol. The maximum Gasteiger partial charge on any atom is 0.251 e. The molecule has 1 unspecified atom stereocenters. The minimum atomic E-state index is -4.26. The van der Waals surface area contributed by atoms with E-state index in [9.17, 15) is 22.4 Å². The third-order valence-corrected chi connectivity index (χ3v) is 6.91. The Bertz CT molecular complexity index is 987. The highest BCUT2D eigenvalue weighted by atomic mass is 32.2. The summed E-state index contributed by atoms with van der Waals surface area (Å²) in [4.78, 5) is 23.2. The largest absolute Gasteiger partial charge is 0.495 e. The second-order valence-corrected chi connectivity index (χ2v) is 8.74. The average Bonchev–Trinajstić information content (AvgIpc) is 3.05. The van der Waals surface area contributed by atoms with Crippen LogP contribution in [0.1, 0.15) is 17.3 Å². The van der Waals surface area contributed by atoms with E-state index < -0.39 is 44.9 Å². The van der Waals surface area contributed by atoms with Crippen molar-refractivity contribution in [3.63, 3.8) is 0 Å². The minimum Gasteiger partial charge on any atom is -0.495 e. The van der Waals surface area contributed by atoms with E-state index in [-0.39, 0.29) is 20.5 Å². The minimum absolute atomic E-state index is 0.0788. The lowest BCUT2D eigenvalue weighted by atomic mass is 10.2. The first-order chi connectivity index (χ1) is 12.6. The molecule has 11 heteroatoms. The molecule has 2 aromatic rings. The van der Waals surface area contributed by atoms with Crippen LogP contribution in [-0.4, -0.2) is 39.1 Å². The lowest BCUT2D eigenvalue weighted by molar-refractivity contribution is -0.120. The van der Waals surface area contributed by atoms with E-state index in [4.69, 9.17) is 15.6 Å². The third-order valence-electron chi connectivity index (χ3n) is 3.61. The predicted octanol–water partition coefficient (Wildman–Crippen LogP) is 1.39. The molecule has 1 atom stereocenters. The summed E-state index contributed by atoms with van der Waals surface area (Å²) in [6.07, 6.45) is 0. The number of nitrogens with two attached hydrogens (primary N) is 1. The van der Waals surface area contributed by atoms with Gasteiger partial charge in [0.15, 0.2) is 0 Å². The Morgan fingerprint density at radius 3 is 2.59 bits per heavy atom. The van der Waals surface area contributed by atoms with Gasteiger partial charge in [-0.2, -0.15) is 0 Å². The molecule has 0 aliphatic carbocycles. The quantitative estimate of drug-likeness (QED) is 0.624. The second kappa shape index (κ2) is 8.03. The van der Waals surface area contributed by atoms with Crippen LogP contribution in [-0.2, 0) is 14.6 Å². The highest BCUT2D eigenvalue weighted by molar-refractivity contribution is 7.93. The fraction of sp³-hybridized carbons (Fsp3) is 0.250. The molecule has 4 N–H and O–H groups in total. The second-order valence-electron chi connectivity index (χ2n) is 5.54. The van der Waals surface area contributed by atoms with Crippen molar-refractivity contribution in [1.29, 1.82) is 0 Å². The van der Waals surface area contributed by atoms with E-state index >= 15 is 0 Å². The molecule has 0 radical (unpaired) electrons. The van der Waals surface area contributed by atoms with Crippen LogP contribution < -0.4 is 15.8 Å². The Morgan fingerprint density at radius 1 is 1.37 bits per heavy atom. The van der Waals surface area contributed by atoms with Crippen LogP contribution in [0, 0.1) is 11.7 Å². The molecule has 8 nitrogen and oxygen atoms in total. The Morgan fingerprint density at radius 2 is 2.04 bits per heavy atom. The average molecular weight is 416 g/mol. The number of aliphatic hydroxyl groups is 1. The van der Waals surface area contributed by atoms with Gasteiger partial charge in [0, 0.05) is 0 Å². The summed E-state index contributed by atoms with van der Waals surface area (Å²) in [7, 11) is -3.02. The first-order valence-electron chi connectivity index (χ1n) is 7.55. The fourth-order valence-electron chi connectivity index (χ4n) is 2.06. The van der Waals surface area contributed by atoms with Gasteiger partial charge in [0.1, 0.15) is 25.7 Å². The van der Waals surface area contributed by atoms with Gasteiger partial charge in [-0.3, -0.25) is 9.59 Å². The standard InChI is InChI=1S/C16H17FN2O6S2/c1-8(7-20)15(22)19-16-10(14(18)21)6-13(26-16)27(23,24)12-5-9(17)3-4-11(12)25-2/h3-6,8,20H,7H2,1-2H3,(H2,18,21)(H,19,22). The first-order valence-corrected chi connectivity index (χ1v) is 9.85. The summed E-state index contributed by atoms with van der Waals surface area (Å²) in [5, 5.41) is 11.3. The maximum absolute atomic E-state index is 13.6. The number of primary amides is 1. The molecule has 1 aromatic heterocycles. The summed E-state index contributed by atoms with van der Waals surface area (Å²) in [6.45, 7) is 1.01. The van der Waals surface area contributed by atoms with Gasteiger partial charge in [-0.25, -0.2) is 12.8 Å². The van der Waals surface area contributed by atoms with Crippen molar-refractivity contribution in [2.24, 2.45) is 11.7 Å². The van der Waals surface area contributed by atoms with E-state index in [0.29, 0.717) is 11.3 Å². The Hall–Kier alpha value is -2.50. The number of hydrogen-bond acceptors (Lipinski definition) is 7. The zero-order chi connectivity index (χ0) is 20.4. The molecule has 0 aliphatic heterocycles. The van der Waals surface area contributed by atoms with Crippen LogP contribution in [0.4, 0.5) is 9.39 Å². The number of benzene rings is 1. The van der Waals surface area contributed by atoms with Crippen LogP contribution in [0.15, 0.2) is 33.4 Å². The summed E-state index contributed by atoms with van der Waals surface area (Å²) in [5.41, 5.74) is 5.05. The van der Waals surface area contributed by atoms with E-state index in [0.717, 1.165) is 24.3 Å². The van der Waals surface area contributed by atoms with Crippen LogP contribution in [0.3, 0.4) is 0 Å². The van der Waals surface area contributed by atoms with E-state index in [2.05, 4.69) is 5.32 Å². The zero-order valence-corrected chi connectivity index (χ0v) is 16.0. The number of carbonyl (C=O) groups is 2. The SMILES string of the molecule is COc1ccc(F)cc1S(=O)(=O)c1cc(C(N)=O)c(NC(=O)C(C)CO)s1. The monoisotopic (exact) mass is 416 g/mol. The lowest BCUT2D eigenvalue weighted by Gasteiger charge is -2.09. The normalized spacial score (nSPS) is 12.4. The van der Waals surface area contributed by atoms with E-state index in [1.165, 1.54) is 14.0 Å². The molecule has 0 aliphatic rings. The molecule has 0 saturated carbocycles. The van der Waals surface area contributed by atoms with Crippen molar-refractivity contribution in [2.45, 2.75) is 16.0 Å². The van der Waals surface area contributed by atoms with Gasteiger partial charge >= 0.3 is 0 Å². The molecule has 0 spiro atoms. The number of sulfone groups is 1. The predicted molar refractivity (Wildman–Crippen MR) is 96.1 cm³/mol. The third kappa shape index (κ3) is 4.26. The molecule has 0 bridgehead atoms. The number of hydrogen-bond donors (Lipinski definition) is 3. The van der Waals surface area contributed by atoms with Crippen molar-refractivity contribution >= 4 is 38.0 Å². The van der Waals surface area contributed by atoms with E-state index in [1.54, 1.807) is 0 Å². The molecule has 146 valence electrons. The highest BCUT2D eigenvalue weighted by Gasteiger charge is 2.28. The van der Waals surface area contributed by atoms with Crippen LogP contribution >= 0.6 is 11.3 Å². The van der Waals surface area contributed by atoms with Crippen molar-refractivity contribution in [3.05, 3.63) is 35.6 Å².